The molecule has 3 heterocycles. The van der Waals surface area contributed by atoms with Crippen LogP contribution in [0.5, 0.6) is 0 Å². The van der Waals surface area contributed by atoms with E-state index in [-0.39, 0.29) is 6.17 Å². The first-order valence-corrected chi connectivity index (χ1v) is 6.68. The van der Waals surface area contributed by atoms with Crippen molar-refractivity contribution in [1.29, 1.82) is 0 Å². The van der Waals surface area contributed by atoms with Gasteiger partial charge in [-0.15, -0.1) is 0 Å². The first-order valence-electron chi connectivity index (χ1n) is 6.68. The van der Waals surface area contributed by atoms with Crippen LogP contribution in [0, 0.1) is 0 Å². The molecule has 0 saturated carbocycles. The van der Waals surface area contributed by atoms with Crippen LogP contribution >= 0.6 is 0 Å². The van der Waals surface area contributed by atoms with Gasteiger partial charge in [-0.1, -0.05) is 4.98 Å². The molecule has 0 unspecified atom stereocenters. The number of hydrogen-bond acceptors (Lipinski definition) is 3. The van der Waals surface area contributed by atoms with Crippen LogP contribution in [0.25, 0.3) is 11.4 Å². The van der Waals surface area contributed by atoms with Gasteiger partial charge >= 0.3 is 0 Å². The van der Waals surface area contributed by atoms with E-state index in [4.69, 9.17) is 0 Å². The normalized spacial score (nSPS) is 17.4. The van der Waals surface area contributed by atoms with Crippen molar-refractivity contribution in [2.75, 3.05) is 4.90 Å². The molecular formula is C15H19N5+2. The van der Waals surface area contributed by atoms with Crippen molar-refractivity contribution >= 4 is 5.82 Å². The summed E-state index contributed by atoms with van der Waals surface area (Å²) in [5.74, 6) is 1.15. The summed E-state index contributed by atoms with van der Waals surface area (Å²) in [5, 5.41) is 3.28. The van der Waals surface area contributed by atoms with Crippen molar-refractivity contribution < 1.29 is 9.13 Å². The fraction of sp³-hybridized carbons (Fsp3) is 0.267. The molecule has 0 radical (unpaired) electrons. The zero-order valence-corrected chi connectivity index (χ0v) is 12.0. The molecule has 0 spiro atoms. The molecule has 0 bridgehead atoms. The third-order valence-corrected chi connectivity index (χ3v) is 3.66. The molecule has 5 nitrogen and oxygen atoms in total. The molecule has 0 aliphatic carbocycles. The summed E-state index contributed by atoms with van der Waals surface area (Å²) in [7, 11) is 4.10. The highest BCUT2D eigenvalue weighted by atomic mass is 15.3. The molecule has 0 amide bonds. The fourth-order valence-electron chi connectivity index (χ4n) is 2.53. The minimum atomic E-state index is 0.266. The van der Waals surface area contributed by atoms with Crippen LogP contribution in [0.3, 0.4) is 0 Å². The first-order chi connectivity index (χ1) is 9.68. The summed E-state index contributed by atoms with van der Waals surface area (Å²) >= 11 is 0. The fourth-order valence-corrected chi connectivity index (χ4v) is 2.53. The molecule has 2 aromatic heterocycles. The second-order valence-electron chi connectivity index (χ2n) is 4.97. The van der Waals surface area contributed by atoms with Crippen LogP contribution < -0.4 is 19.4 Å². The summed E-state index contributed by atoms with van der Waals surface area (Å²) in [5.41, 5.74) is 2.29. The number of nitrogens with one attached hydrogen (secondary N) is 1. The predicted octanol–water partition coefficient (Wildman–Crippen LogP) is 0.624. The van der Waals surface area contributed by atoms with Gasteiger partial charge in [0.2, 0.25) is 0 Å². The smallest absolute Gasteiger partial charge is 0.286 e. The van der Waals surface area contributed by atoms with Gasteiger partial charge in [-0.3, -0.25) is 0 Å². The summed E-state index contributed by atoms with van der Waals surface area (Å²) in [6.45, 7) is 2.14. The van der Waals surface area contributed by atoms with E-state index in [2.05, 4.69) is 58.1 Å². The van der Waals surface area contributed by atoms with Crippen molar-refractivity contribution in [2.45, 2.75) is 13.1 Å². The van der Waals surface area contributed by atoms with Crippen LogP contribution in [0.2, 0.25) is 0 Å². The van der Waals surface area contributed by atoms with E-state index < -0.39 is 0 Å². The van der Waals surface area contributed by atoms with Gasteiger partial charge in [0.05, 0.1) is 14.1 Å². The molecule has 5 heteroatoms. The van der Waals surface area contributed by atoms with E-state index in [1.54, 1.807) is 0 Å². The van der Waals surface area contributed by atoms with Crippen molar-refractivity contribution in [2.24, 2.45) is 14.1 Å². The van der Waals surface area contributed by atoms with E-state index in [9.17, 15) is 0 Å². The topological polar surface area (TPSA) is 35.9 Å². The Morgan fingerprint density at radius 3 is 2.75 bits per heavy atom. The SMILES string of the molecule is C[C@@H]1NC=CN1c1cccc(-c2ccnc[n+]2C)[n+]1C. The molecule has 1 atom stereocenters. The monoisotopic (exact) mass is 269 g/mol. The molecule has 2 aromatic rings. The van der Waals surface area contributed by atoms with E-state index >= 15 is 0 Å². The van der Waals surface area contributed by atoms with Crippen molar-refractivity contribution in [3.8, 4) is 11.4 Å². The Labute approximate surface area is 118 Å². The van der Waals surface area contributed by atoms with Gasteiger partial charge in [0.25, 0.3) is 12.1 Å². The Balaban J connectivity index is 2.11. The third kappa shape index (κ3) is 2.01. The second kappa shape index (κ2) is 4.92. The van der Waals surface area contributed by atoms with Crippen LogP contribution in [0.1, 0.15) is 6.92 Å². The van der Waals surface area contributed by atoms with Gasteiger partial charge in [0.1, 0.15) is 12.4 Å². The highest BCUT2D eigenvalue weighted by molar-refractivity contribution is 5.50. The quantitative estimate of drug-likeness (QED) is 0.812. The molecule has 0 fully saturated rings. The summed E-state index contributed by atoms with van der Waals surface area (Å²) in [4.78, 5) is 6.35. The molecule has 1 aliphatic rings. The zero-order valence-electron chi connectivity index (χ0n) is 12.0. The number of anilines is 1. The van der Waals surface area contributed by atoms with Gasteiger partial charge in [-0.2, -0.15) is 0 Å². The summed E-state index contributed by atoms with van der Waals surface area (Å²) < 4.78 is 4.23. The van der Waals surface area contributed by atoms with E-state index in [1.165, 1.54) is 0 Å². The maximum atomic E-state index is 4.13. The summed E-state index contributed by atoms with van der Waals surface area (Å²) in [6, 6.07) is 8.36. The Morgan fingerprint density at radius 1 is 1.20 bits per heavy atom. The van der Waals surface area contributed by atoms with Crippen molar-refractivity contribution in [3.63, 3.8) is 0 Å². The molecule has 20 heavy (non-hydrogen) atoms. The average Bonchev–Trinajstić information content (AvgIpc) is 2.86. The van der Waals surface area contributed by atoms with E-state index in [1.807, 2.05) is 36.4 Å². The molecule has 3 rings (SSSR count). The maximum absolute atomic E-state index is 4.13. The number of nitrogens with zero attached hydrogens (tertiary/aromatic N) is 4. The van der Waals surface area contributed by atoms with Crippen LogP contribution in [0.15, 0.2) is 49.2 Å². The number of aromatic nitrogens is 3. The number of pyridine rings is 1. The van der Waals surface area contributed by atoms with Gasteiger partial charge in [-0.25, -0.2) is 14.0 Å². The van der Waals surface area contributed by atoms with Gasteiger partial charge in [-0.05, 0) is 19.1 Å². The largest absolute Gasteiger partial charge is 0.350 e. The Bertz CT molecular complexity index is 665. The van der Waals surface area contributed by atoms with Gasteiger partial charge in [0, 0.05) is 18.3 Å². The minimum absolute atomic E-state index is 0.266. The first kappa shape index (κ1) is 12.6. The molecule has 0 aromatic carbocycles. The van der Waals surface area contributed by atoms with Crippen LogP contribution in [0.4, 0.5) is 5.82 Å². The minimum Gasteiger partial charge on any atom is -0.350 e. The van der Waals surface area contributed by atoms with E-state index in [0.717, 1.165) is 17.2 Å². The molecule has 102 valence electrons. The molecule has 0 saturated heterocycles. The Kier molecular flexibility index (Phi) is 3.10. The van der Waals surface area contributed by atoms with Crippen LogP contribution in [-0.2, 0) is 14.1 Å². The second-order valence-corrected chi connectivity index (χ2v) is 4.97. The van der Waals surface area contributed by atoms with E-state index in [0.29, 0.717) is 0 Å². The van der Waals surface area contributed by atoms with Gasteiger partial charge in [0.15, 0.2) is 17.6 Å². The lowest BCUT2D eigenvalue weighted by Crippen LogP contribution is -2.45. The Hall–Kier alpha value is -2.43. The van der Waals surface area contributed by atoms with Gasteiger partial charge < -0.3 is 5.32 Å². The predicted molar refractivity (Wildman–Crippen MR) is 76.2 cm³/mol. The lowest BCUT2D eigenvalue weighted by atomic mass is 10.2. The highest BCUT2D eigenvalue weighted by Gasteiger charge is 2.27. The Morgan fingerprint density at radius 2 is 2.05 bits per heavy atom. The number of hydrogen-bond donors (Lipinski definition) is 1. The standard InChI is InChI=1S/C15H18N5/c1-12-17-9-10-20(12)15-6-4-5-14(19(15)3)13-7-8-16-11-18(13)2/h4-12H,1-3H3/q+1/p+1/t12-/m1/s1. The molecular weight excluding hydrogens is 250 g/mol. The zero-order chi connectivity index (χ0) is 14.1. The van der Waals surface area contributed by atoms with Crippen molar-refractivity contribution in [1.82, 2.24) is 10.3 Å². The molecule has 1 N–H and O–H groups in total. The molecule has 1 aliphatic heterocycles. The third-order valence-electron chi connectivity index (χ3n) is 3.66. The number of rotatable bonds is 2. The number of aryl methyl sites for hydroxylation is 1. The van der Waals surface area contributed by atoms with Crippen molar-refractivity contribution in [3.05, 3.63) is 49.2 Å². The summed E-state index contributed by atoms with van der Waals surface area (Å²) in [6.07, 6.45) is 7.95. The average molecular weight is 269 g/mol. The maximum Gasteiger partial charge on any atom is 0.286 e. The van der Waals surface area contributed by atoms with Crippen LogP contribution in [-0.4, -0.2) is 11.1 Å². The highest BCUT2D eigenvalue weighted by Crippen LogP contribution is 2.18. The lowest BCUT2D eigenvalue weighted by molar-refractivity contribution is -0.686. The lowest BCUT2D eigenvalue weighted by Gasteiger charge is -2.17.